The Hall–Kier alpha value is -1.55. The van der Waals surface area contributed by atoms with Crippen LogP contribution in [0.25, 0.3) is 0 Å². The smallest absolute Gasteiger partial charge is 0.226 e. The summed E-state index contributed by atoms with van der Waals surface area (Å²) in [5, 5.41) is 0. The highest BCUT2D eigenvalue weighted by Crippen LogP contribution is 2.20. The number of benzene rings is 1. The van der Waals surface area contributed by atoms with Gasteiger partial charge in [-0.1, -0.05) is 18.2 Å². The average Bonchev–Trinajstić information content (AvgIpc) is 2.54. The molecule has 4 nitrogen and oxygen atoms in total. The molecule has 1 aromatic rings. The predicted molar refractivity (Wildman–Crippen MR) is 82.4 cm³/mol. The molecule has 1 aliphatic heterocycles. The third-order valence-electron chi connectivity index (χ3n) is 3.93. The van der Waals surface area contributed by atoms with Crippen LogP contribution in [0.15, 0.2) is 30.3 Å². The normalized spacial score (nSPS) is 18.5. The van der Waals surface area contributed by atoms with E-state index in [1.165, 1.54) is 6.42 Å². The molecular weight excluding hydrogens is 266 g/mol. The molecule has 0 saturated carbocycles. The molecule has 0 aromatic heterocycles. The van der Waals surface area contributed by atoms with Gasteiger partial charge in [-0.3, -0.25) is 4.79 Å². The van der Waals surface area contributed by atoms with E-state index in [0.717, 1.165) is 38.2 Å². The maximum atomic E-state index is 12.4. The predicted octanol–water partition coefficient (Wildman–Crippen LogP) is 2.87. The van der Waals surface area contributed by atoms with Crippen LogP contribution in [0.5, 0.6) is 5.75 Å². The molecule has 4 heteroatoms. The number of amides is 1. The van der Waals surface area contributed by atoms with Crippen LogP contribution < -0.4 is 4.74 Å². The maximum absolute atomic E-state index is 12.4. The third kappa shape index (κ3) is 5.05. The van der Waals surface area contributed by atoms with E-state index >= 15 is 0 Å². The Morgan fingerprint density at radius 2 is 2.05 bits per heavy atom. The molecular formula is C17H25NO3. The van der Waals surface area contributed by atoms with Gasteiger partial charge in [-0.25, -0.2) is 0 Å². The first-order chi connectivity index (χ1) is 10.3. The minimum atomic E-state index is 0.201. The SMILES string of the molecule is COCC[C@@H]1CCCCN1C(=O)CCOc1ccccc1. The van der Waals surface area contributed by atoms with Crippen molar-refractivity contribution in [2.45, 2.75) is 38.1 Å². The van der Waals surface area contributed by atoms with Crippen molar-refractivity contribution >= 4 is 5.91 Å². The number of carbonyl (C=O) groups excluding carboxylic acids is 1. The summed E-state index contributed by atoms with van der Waals surface area (Å²) in [4.78, 5) is 14.4. The second-order valence-corrected chi connectivity index (χ2v) is 5.43. The van der Waals surface area contributed by atoms with Crippen LogP contribution in [0.2, 0.25) is 0 Å². The monoisotopic (exact) mass is 291 g/mol. The van der Waals surface area contributed by atoms with E-state index in [1.54, 1.807) is 7.11 Å². The number of rotatable bonds is 7. The number of likely N-dealkylation sites (tertiary alicyclic amines) is 1. The van der Waals surface area contributed by atoms with Gasteiger partial charge in [0.1, 0.15) is 5.75 Å². The van der Waals surface area contributed by atoms with Gasteiger partial charge in [-0.2, -0.15) is 0 Å². The van der Waals surface area contributed by atoms with Crippen molar-refractivity contribution in [1.82, 2.24) is 4.90 Å². The zero-order valence-electron chi connectivity index (χ0n) is 12.8. The summed E-state index contributed by atoms with van der Waals surface area (Å²) in [5.41, 5.74) is 0. The number of ether oxygens (including phenoxy) is 2. The lowest BCUT2D eigenvalue weighted by Gasteiger charge is -2.35. The number of piperidine rings is 1. The van der Waals surface area contributed by atoms with Gasteiger partial charge in [0.15, 0.2) is 0 Å². The fourth-order valence-electron chi connectivity index (χ4n) is 2.80. The van der Waals surface area contributed by atoms with Crippen molar-refractivity contribution in [2.75, 3.05) is 26.9 Å². The molecule has 1 saturated heterocycles. The highest BCUT2D eigenvalue weighted by Gasteiger charge is 2.25. The van der Waals surface area contributed by atoms with Crippen LogP contribution in [0, 0.1) is 0 Å². The van der Waals surface area contributed by atoms with Crippen molar-refractivity contribution in [1.29, 1.82) is 0 Å². The molecule has 1 amide bonds. The summed E-state index contributed by atoms with van der Waals surface area (Å²) in [6, 6.07) is 9.97. The van der Waals surface area contributed by atoms with Crippen LogP contribution in [0.1, 0.15) is 32.1 Å². The number of nitrogens with zero attached hydrogens (tertiary/aromatic N) is 1. The Bertz CT molecular complexity index is 421. The summed E-state index contributed by atoms with van der Waals surface area (Å²) in [7, 11) is 1.71. The summed E-state index contributed by atoms with van der Waals surface area (Å²) in [6.45, 7) is 2.03. The van der Waals surface area contributed by atoms with Crippen LogP contribution in [-0.2, 0) is 9.53 Å². The fraction of sp³-hybridized carbons (Fsp3) is 0.588. The molecule has 1 aromatic carbocycles. The Labute approximate surface area is 127 Å². The highest BCUT2D eigenvalue weighted by atomic mass is 16.5. The van der Waals surface area contributed by atoms with Crippen LogP contribution >= 0.6 is 0 Å². The van der Waals surface area contributed by atoms with E-state index in [2.05, 4.69) is 0 Å². The van der Waals surface area contributed by atoms with E-state index in [-0.39, 0.29) is 5.91 Å². The largest absolute Gasteiger partial charge is 0.493 e. The van der Waals surface area contributed by atoms with E-state index in [9.17, 15) is 4.79 Å². The van der Waals surface area contributed by atoms with Crippen LogP contribution in [-0.4, -0.2) is 43.7 Å². The second kappa shape index (κ2) is 8.67. The Kier molecular flexibility index (Phi) is 6.54. The Balaban J connectivity index is 1.77. The van der Waals surface area contributed by atoms with Crippen LogP contribution in [0.3, 0.4) is 0 Å². The molecule has 21 heavy (non-hydrogen) atoms. The van der Waals surface area contributed by atoms with E-state index in [0.29, 0.717) is 19.1 Å². The minimum absolute atomic E-state index is 0.201. The molecule has 116 valence electrons. The molecule has 0 spiro atoms. The molecule has 1 fully saturated rings. The van der Waals surface area contributed by atoms with Gasteiger partial charge >= 0.3 is 0 Å². The number of methoxy groups -OCH3 is 1. The van der Waals surface area contributed by atoms with Gasteiger partial charge in [-0.15, -0.1) is 0 Å². The standard InChI is InChI=1S/C17H25NO3/c1-20-13-10-15-7-5-6-12-18(15)17(19)11-14-21-16-8-3-2-4-9-16/h2-4,8-9,15H,5-7,10-14H2,1H3/t15-/m0/s1. The first-order valence-corrected chi connectivity index (χ1v) is 7.77. The number of hydrogen-bond donors (Lipinski definition) is 0. The summed E-state index contributed by atoms with van der Waals surface area (Å²) >= 11 is 0. The van der Waals surface area contributed by atoms with E-state index in [4.69, 9.17) is 9.47 Å². The third-order valence-corrected chi connectivity index (χ3v) is 3.93. The molecule has 1 atom stereocenters. The lowest BCUT2D eigenvalue weighted by atomic mass is 9.99. The van der Waals surface area contributed by atoms with Crippen molar-refractivity contribution < 1.29 is 14.3 Å². The van der Waals surface area contributed by atoms with Crippen molar-refractivity contribution in [3.8, 4) is 5.75 Å². The highest BCUT2D eigenvalue weighted by molar-refractivity contribution is 5.76. The van der Waals surface area contributed by atoms with Gasteiger partial charge in [-0.05, 0) is 37.8 Å². The number of carbonyl (C=O) groups is 1. The van der Waals surface area contributed by atoms with Crippen LogP contribution in [0.4, 0.5) is 0 Å². The zero-order chi connectivity index (χ0) is 14.9. The minimum Gasteiger partial charge on any atom is -0.493 e. The number of hydrogen-bond acceptors (Lipinski definition) is 3. The molecule has 2 rings (SSSR count). The van der Waals surface area contributed by atoms with E-state index in [1.807, 2.05) is 35.2 Å². The first-order valence-electron chi connectivity index (χ1n) is 7.77. The Morgan fingerprint density at radius 1 is 1.24 bits per heavy atom. The molecule has 0 radical (unpaired) electrons. The van der Waals surface area contributed by atoms with Crippen molar-refractivity contribution in [3.63, 3.8) is 0 Å². The summed E-state index contributed by atoms with van der Waals surface area (Å²) in [5.74, 6) is 1.02. The summed E-state index contributed by atoms with van der Waals surface area (Å²) in [6.07, 6.45) is 4.78. The van der Waals surface area contributed by atoms with Crippen molar-refractivity contribution in [3.05, 3.63) is 30.3 Å². The van der Waals surface area contributed by atoms with Gasteiger partial charge in [0.05, 0.1) is 13.0 Å². The van der Waals surface area contributed by atoms with E-state index < -0.39 is 0 Å². The lowest BCUT2D eigenvalue weighted by Crippen LogP contribution is -2.44. The molecule has 1 aliphatic rings. The maximum Gasteiger partial charge on any atom is 0.226 e. The Morgan fingerprint density at radius 3 is 2.81 bits per heavy atom. The van der Waals surface area contributed by atoms with Gasteiger partial charge in [0.25, 0.3) is 0 Å². The summed E-state index contributed by atoms with van der Waals surface area (Å²) < 4.78 is 10.8. The average molecular weight is 291 g/mol. The topological polar surface area (TPSA) is 38.8 Å². The molecule has 0 bridgehead atoms. The molecule has 1 heterocycles. The fourth-order valence-corrected chi connectivity index (χ4v) is 2.80. The lowest BCUT2D eigenvalue weighted by molar-refractivity contribution is -0.135. The molecule has 0 aliphatic carbocycles. The quantitative estimate of drug-likeness (QED) is 0.775. The molecule has 0 N–H and O–H groups in total. The van der Waals surface area contributed by atoms with Gasteiger partial charge < -0.3 is 14.4 Å². The van der Waals surface area contributed by atoms with Gasteiger partial charge in [0, 0.05) is 26.3 Å². The van der Waals surface area contributed by atoms with Crippen molar-refractivity contribution in [2.24, 2.45) is 0 Å². The number of para-hydroxylation sites is 1. The van der Waals surface area contributed by atoms with Gasteiger partial charge in [0.2, 0.25) is 5.91 Å². The zero-order valence-corrected chi connectivity index (χ0v) is 12.8. The second-order valence-electron chi connectivity index (χ2n) is 5.43. The first kappa shape index (κ1) is 15.8. The molecule has 0 unspecified atom stereocenters.